The van der Waals surface area contributed by atoms with Crippen LogP contribution < -0.4 is 10.6 Å². The number of benzene rings is 1. The molecule has 5 nitrogen and oxygen atoms in total. The number of urea groups is 1. The first-order valence-electron chi connectivity index (χ1n) is 6.10. The van der Waals surface area contributed by atoms with Crippen molar-refractivity contribution in [3.05, 3.63) is 26.8 Å². The summed E-state index contributed by atoms with van der Waals surface area (Å²) in [5.74, 6) is -1.19. The van der Waals surface area contributed by atoms with Gasteiger partial charge in [-0.05, 0) is 46.7 Å². The number of anilines is 1. The van der Waals surface area contributed by atoms with Crippen molar-refractivity contribution in [1.82, 2.24) is 5.32 Å². The first-order chi connectivity index (χ1) is 9.35. The second-order valence-corrected chi connectivity index (χ2v) is 6.02. The summed E-state index contributed by atoms with van der Waals surface area (Å²) >= 11 is 7.87. The molecule has 1 rings (SSSR count). The number of aliphatic carboxylic acids is 1. The van der Waals surface area contributed by atoms with E-state index in [4.69, 9.17) is 16.7 Å². The molecule has 0 aromatic heterocycles. The fourth-order valence-electron chi connectivity index (χ4n) is 1.57. The van der Waals surface area contributed by atoms with Crippen molar-refractivity contribution in [2.45, 2.75) is 26.3 Å². The Morgan fingerprint density at radius 3 is 2.60 bits per heavy atom. The molecule has 3 N–H and O–H groups in total. The molecule has 2 amide bonds. The predicted octanol–water partition coefficient (Wildman–Crippen LogP) is 3.57. The van der Waals surface area contributed by atoms with Gasteiger partial charge < -0.3 is 15.7 Å². The Kier molecular flexibility index (Phi) is 6.54. The van der Waals surface area contributed by atoms with Crippen LogP contribution >= 0.6 is 34.2 Å². The highest BCUT2D eigenvalue weighted by Crippen LogP contribution is 2.22. The van der Waals surface area contributed by atoms with Crippen LogP contribution in [-0.2, 0) is 4.79 Å². The summed E-state index contributed by atoms with van der Waals surface area (Å²) in [6, 6.07) is 3.58. The number of halogens is 2. The molecule has 1 aromatic carbocycles. The van der Waals surface area contributed by atoms with E-state index in [0.29, 0.717) is 17.1 Å². The van der Waals surface area contributed by atoms with Crippen molar-refractivity contribution in [3.8, 4) is 0 Å². The zero-order valence-electron chi connectivity index (χ0n) is 11.1. The molecule has 7 heteroatoms. The molecule has 0 saturated carbocycles. The highest BCUT2D eigenvalue weighted by atomic mass is 127. The van der Waals surface area contributed by atoms with Gasteiger partial charge in [0.1, 0.15) is 6.04 Å². The number of hydrogen-bond acceptors (Lipinski definition) is 2. The number of carboxylic acids is 1. The highest BCUT2D eigenvalue weighted by Gasteiger charge is 2.25. The minimum absolute atomic E-state index is 0.150. The third-order valence-electron chi connectivity index (χ3n) is 2.94. The monoisotopic (exact) mass is 410 g/mol. The van der Waals surface area contributed by atoms with E-state index < -0.39 is 18.0 Å². The number of carbonyl (C=O) groups excluding carboxylic acids is 1. The van der Waals surface area contributed by atoms with Gasteiger partial charge in [-0.1, -0.05) is 31.9 Å². The van der Waals surface area contributed by atoms with Crippen LogP contribution in [0.1, 0.15) is 20.3 Å². The summed E-state index contributed by atoms with van der Waals surface area (Å²) in [5, 5.41) is 14.8. The Bertz CT molecular complexity index is 510. The van der Waals surface area contributed by atoms with Gasteiger partial charge in [-0.15, -0.1) is 0 Å². The SMILES string of the molecule is CC[C@H](C)[C@H](NC(=O)Nc1ccc(Cl)cc1I)C(=O)O. The molecular formula is C13H16ClIN2O3. The summed E-state index contributed by atoms with van der Waals surface area (Å²) in [6.07, 6.45) is 0.662. The summed E-state index contributed by atoms with van der Waals surface area (Å²) in [4.78, 5) is 23.0. The third kappa shape index (κ3) is 4.82. The fourth-order valence-corrected chi connectivity index (χ4v) is 2.58. The van der Waals surface area contributed by atoms with Crippen molar-refractivity contribution in [3.63, 3.8) is 0 Å². The Morgan fingerprint density at radius 2 is 2.10 bits per heavy atom. The molecule has 0 radical (unpaired) electrons. The molecule has 2 atom stereocenters. The normalized spacial score (nSPS) is 13.4. The van der Waals surface area contributed by atoms with Crippen LogP contribution in [0.25, 0.3) is 0 Å². The predicted molar refractivity (Wildman–Crippen MR) is 87.2 cm³/mol. The van der Waals surface area contributed by atoms with Crippen LogP contribution in [0.5, 0.6) is 0 Å². The van der Waals surface area contributed by atoms with E-state index in [1.165, 1.54) is 0 Å². The van der Waals surface area contributed by atoms with Crippen LogP contribution in [0.15, 0.2) is 18.2 Å². The maximum Gasteiger partial charge on any atom is 0.326 e. The van der Waals surface area contributed by atoms with Gasteiger partial charge in [0.05, 0.1) is 5.69 Å². The molecule has 1 aromatic rings. The van der Waals surface area contributed by atoms with E-state index in [-0.39, 0.29) is 5.92 Å². The summed E-state index contributed by atoms with van der Waals surface area (Å²) in [7, 11) is 0. The number of amides is 2. The maximum atomic E-state index is 11.9. The van der Waals surface area contributed by atoms with Crippen molar-refractivity contribution in [2.24, 2.45) is 5.92 Å². The molecule has 0 heterocycles. The molecule has 0 saturated heterocycles. The average molecular weight is 411 g/mol. The lowest BCUT2D eigenvalue weighted by molar-refractivity contribution is -0.140. The minimum Gasteiger partial charge on any atom is -0.480 e. The Balaban J connectivity index is 2.73. The van der Waals surface area contributed by atoms with Gasteiger partial charge in [0.15, 0.2) is 0 Å². The molecule has 20 heavy (non-hydrogen) atoms. The van der Waals surface area contributed by atoms with Crippen LogP contribution in [0.3, 0.4) is 0 Å². The quantitative estimate of drug-likeness (QED) is 0.650. The van der Waals surface area contributed by atoms with Crippen LogP contribution in [-0.4, -0.2) is 23.1 Å². The largest absolute Gasteiger partial charge is 0.480 e. The van der Waals surface area contributed by atoms with E-state index in [9.17, 15) is 9.59 Å². The van der Waals surface area contributed by atoms with Gasteiger partial charge in [-0.2, -0.15) is 0 Å². The maximum absolute atomic E-state index is 11.9. The molecule has 0 bridgehead atoms. The van der Waals surface area contributed by atoms with E-state index >= 15 is 0 Å². The molecule has 0 aliphatic heterocycles. The number of hydrogen-bond donors (Lipinski definition) is 3. The van der Waals surface area contributed by atoms with Gasteiger partial charge in [0.2, 0.25) is 0 Å². The molecular weight excluding hydrogens is 395 g/mol. The molecule has 0 aliphatic rings. The van der Waals surface area contributed by atoms with Crippen molar-refractivity contribution in [1.29, 1.82) is 0 Å². The van der Waals surface area contributed by atoms with Crippen LogP contribution in [0.4, 0.5) is 10.5 Å². The van der Waals surface area contributed by atoms with Gasteiger partial charge in [0, 0.05) is 8.59 Å². The lowest BCUT2D eigenvalue weighted by Crippen LogP contribution is -2.46. The van der Waals surface area contributed by atoms with Gasteiger partial charge in [0.25, 0.3) is 0 Å². The Morgan fingerprint density at radius 1 is 1.45 bits per heavy atom. The Labute approximate surface area is 136 Å². The van der Waals surface area contributed by atoms with E-state index in [1.54, 1.807) is 25.1 Å². The zero-order valence-corrected chi connectivity index (χ0v) is 14.0. The zero-order chi connectivity index (χ0) is 15.3. The third-order valence-corrected chi connectivity index (χ3v) is 4.07. The molecule has 0 aliphatic carbocycles. The molecule has 0 fully saturated rings. The number of carboxylic acid groups (broad SMARTS) is 1. The van der Waals surface area contributed by atoms with Gasteiger partial charge in [-0.25, -0.2) is 9.59 Å². The Hall–Kier alpha value is -1.02. The first-order valence-corrected chi connectivity index (χ1v) is 7.56. The van der Waals surface area contributed by atoms with Crippen LogP contribution in [0.2, 0.25) is 5.02 Å². The smallest absolute Gasteiger partial charge is 0.326 e. The van der Waals surface area contributed by atoms with Crippen molar-refractivity contribution >= 4 is 51.9 Å². The summed E-state index contributed by atoms with van der Waals surface area (Å²) in [5.41, 5.74) is 0.584. The van der Waals surface area contributed by atoms with Gasteiger partial charge >= 0.3 is 12.0 Å². The van der Waals surface area contributed by atoms with E-state index in [2.05, 4.69) is 10.6 Å². The fraction of sp³-hybridized carbons (Fsp3) is 0.385. The molecule has 0 unspecified atom stereocenters. The second kappa shape index (κ2) is 7.68. The topological polar surface area (TPSA) is 78.4 Å². The van der Waals surface area contributed by atoms with E-state index in [1.807, 2.05) is 29.5 Å². The van der Waals surface area contributed by atoms with Crippen molar-refractivity contribution < 1.29 is 14.7 Å². The number of rotatable bonds is 5. The summed E-state index contributed by atoms with van der Waals surface area (Å²) in [6.45, 7) is 3.66. The minimum atomic E-state index is -1.04. The average Bonchev–Trinajstić information content (AvgIpc) is 2.38. The number of nitrogens with one attached hydrogen (secondary N) is 2. The standard InChI is InChI=1S/C13H16ClIN2O3/c1-3-7(2)11(12(18)19)17-13(20)16-10-5-4-8(14)6-9(10)15/h4-7,11H,3H2,1-2H3,(H,18,19)(H2,16,17,20)/t7-,11-/m0/s1. The highest BCUT2D eigenvalue weighted by molar-refractivity contribution is 14.1. The second-order valence-electron chi connectivity index (χ2n) is 4.42. The number of carbonyl (C=O) groups is 2. The lowest BCUT2D eigenvalue weighted by Gasteiger charge is -2.20. The summed E-state index contributed by atoms with van der Waals surface area (Å²) < 4.78 is 0.778. The van der Waals surface area contributed by atoms with Crippen LogP contribution in [0, 0.1) is 9.49 Å². The van der Waals surface area contributed by atoms with Gasteiger partial charge in [-0.3, -0.25) is 0 Å². The molecule has 0 spiro atoms. The molecule has 110 valence electrons. The lowest BCUT2D eigenvalue weighted by atomic mass is 9.99. The first kappa shape index (κ1) is 17.0. The van der Waals surface area contributed by atoms with E-state index in [0.717, 1.165) is 3.57 Å². The van der Waals surface area contributed by atoms with Crippen molar-refractivity contribution in [2.75, 3.05) is 5.32 Å².